The zero-order valence-electron chi connectivity index (χ0n) is 16.0. The van der Waals surface area contributed by atoms with Crippen molar-refractivity contribution < 1.29 is 0 Å². The average molecular weight is 408 g/mol. The van der Waals surface area contributed by atoms with Gasteiger partial charge in [0.2, 0.25) is 0 Å². The second-order valence-electron chi connectivity index (χ2n) is 6.95. The van der Waals surface area contributed by atoms with Crippen LogP contribution >= 0.6 is 23.2 Å². The van der Waals surface area contributed by atoms with Gasteiger partial charge in [0.25, 0.3) is 0 Å². The van der Waals surface area contributed by atoms with Crippen molar-refractivity contribution in [2.45, 2.75) is 32.1 Å². The number of benzene rings is 1. The minimum atomic E-state index is 0.524. The highest BCUT2D eigenvalue weighted by Crippen LogP contribution is 2.27. The van der Waals surface area contributed by atoms with E-state index >= 15 is 0 Å². The van der Waals surface area contributed by atoms with Crippen LogP contribution in [0.3, 0.4) is 0 Å². The highest BCUT2D eigenvalue weighted by Gasteiger charge is 2.26. The molecular formula is C20H27Cl2N5. The van der Waals surface area contributed by atoms with E-state index < -0.39 is 0 Å². The summed E-state index contributed by atoms with van der Waals surface area (Å²) in [6, 6.07) is 5.69. The molecular weight excluding hydrogens is 381 g/mol. The van der Waals surface area contributed by atoms with Crippen LogP contribution in [0.4, 0.5) is 0 Å². The molecule has 5 nitrogen and oxygen atoms in total. The van der Waals surface area contributed by atoms with Crippen LogP contribution in [0, 0.1) is 0 Å². The molecule has 2 heterocycles. The maximum absolute atomic E-state index is 6.25. The second kappa shape index (κ2) is 9.47. The molecule has 0 saturated carbocycles. The van der Waals surface area contributed by atoms with Gasteiger partial charge >= 0.3 is 0 Å². The number of aliphatic imine (C=N–C) groups is 1. The Morgan fingerprint density at radius 3 is 2.93 bits per heavy atom. The summed E-state index contributed by atoms with van der Waals surface area (Å²) in [5.41, 5.74) is 2.44. The minimum absolute atomic E-state index is 0.524. The predicted molar refractivity (Wildman–Crippen MR) is 113 cm³/mol. The highest BCUT2D eigenvalue weighted by molar-refractivity contribution is 6.35. The molecule has 1 N–H and O–H groups in total. The fraction of sp³-hybridized carbons (Fsp3) is 0.500. The Labute approximate surface area is 171 Å². The number of likely N-dealkylation sites (tertiary alicyclic amines) is 1. The summed E-state index contributed by atoms with van der Waals surface area (Å²) in [5, 5.41) is 9.14. The molecule has 2 aromatic rings. The Morgan fingerprint density at radius 1 is 1.37 bits per heavy atom. The molecule has 3 rings (SSSR count). The molecule has 1 aromatic heterocycles. The number of hydrogen-bond acceptors (Lipinski definition) is 2. The van der Waals surface area contributed by atoms with Crippen molar-refractivity contribution in [3.8, 4) is 0 Å². The van der Waals surface area contributed by atoms with E-state index in [2.05, 4.69) is 28.4 Å². The van der Waals surface area contributed by atoms with Crippen molar-refractivity contribution in [1.82, 2.24) is 20.0 Å². The fourth-order valence-corrected chi connectivity index (χ4v) is 3.98. The maximum Gasteiger partial charge on any atom is 0.193 e. The van der Waals surface area contributed by atoms with Crippen LogP contribution in [-0.4, -0.2) is 46.8 Å². The number of hydrogen-bond donors (Lipinski definition) is 1. The van der Waals surface area contributed by atoms with Crippen LogP contribution in [0.25, 0.3) is 0 Å². The van der Waals surface area contributed by atoms with Gasteiger partial charge in [-0.15, -0.1) is 0 Å². The lowest BCUT2D eigenvalue weighted by Gasteiger charge is -2.21. The Hall–Kier alpha value is -1.72. The van der Waals surface area contributed by atoms with Crippen molar-refractivity contribution in [1.29, 1.82) is 0 Å². The first-order chi connectivity index (χ1) is 13.1. The minimum Gasteiger partial charge on any atom is -0.357 e. The molecule has 1 aliphatic rings. The molecule has 1 aliphatic heterocycles. The van der Waals surface area contributed by atoms with Gasteiger partial charge in [-0.1, -0.05) is 29.3 Å². The molecule has 0 amide bonds. The van der Waals surface area contributed by atoms with Crippen molar-refractivity contribution in [3.05, 3.63) is 51.8 Å². The van der Waals surface area contributed by atoms with Gasteiger partial charge in [-0.25, -0.2) is 0 Å². The number of nitrogens with one attached hydrogen (secondary N) is 1. The van der Waals surface area contributed by atoms with E-state index in [4.69, 9.17) is 28.2 Å². The van der Waals surface area contributed by atoms with Crippen LogP contribution in [0.1, 0.15) is 36.8 Å². The van der Waals surface area contributed by atoms with Crippen molar-refractivity contribution in [2.24, 2.45) is 12.0 Å². The smallest absolute Gasteiger partial charge is 0.193 e. The van der Waals surface area contributed by atoms with E-state index in [-0.39, 0.29) is 0 Å². The predicted octanol–water partition coefficient (Wildman–Crippen LogP) is 4.11. The summed E-state index contributed by atoms with van der Waals surface area (Å²) >= 11 is 12.2. The first-order valence-electron chi connectivity index (χ1n) is 9.52. The summed E-state index contributed by atoms with van der Waals surface area (Å²) < 4.78 is 1.87. The third-order valence-corrected chi connectivity index (χ3v) is 5.49. The fourth-order valence-electron chi connectivity index (χ4n) is 3.48. The SMILES string of the molecule is CCNC(=NCCCc1ccc(Cl)cc1Cl)N1CCC(c2cnn(C)c2)C1. The number of guanidine groups is 1. The quantitative estimate of drug-likeness (QED) is 0.445. The molecule has 1 aromatic carbocycles. The Kier molecular flexibility index (Phi) is 7.02. The van der Waals surface area contributed by atoms with E-state index in [0.29, 0.717) is 10.9 Å². The highest BCUT2D eigenvalue weighted by atomic mass is 35.5. The van der Waals surface area contributed by atoms with Gasteiger partial charge in [-0.2, -0.15) is 5.10 Å². The van der Waals surface area contributed by atoms with Crippen molar-refractivity contribution in [3.63, 3.8) is 0 Å². The Bertz CT molecular complexity index is 786. The molecule has 0 bridgehead atoms. The van der Waals surface area contributed by atoms with Crippen LogP contribution in [0.15, 0.2) is 35.6 Å². The lowest BCUT2D eigenvalue weighted by atomic mass is 10.0. The normalized spacial score (nSPS) is 17.6. The second-order valence-corrected chi connectivity index (χ2v) is 7.80. The van der Waals surface area contributed by atoms with Gasteiger partial charge in [-0.05, 0) is 49.4 Å². The number of aromatic nitrogens is 2. The molecule has 1 saturated heterocycles. The summed E-state index contributed by atoms with van der Waals surface area (Å²) in [7, 11) is 1.97. The third-order valence-electron chi connectivity index (χ3n) is 4.90. The van der Waals surface area contributed by atoms with Crippen molar-refractivity contribution >= 4 is 29.2 Å². The van der Waals surface area contributed by atoms with Gasteiger partial charge in [0, 0.05) is 55.4 Å². The lowest BCUT2D eigenvalue weighted by Crippen LogP contribution is -2.40. The standard InChI is InChI=1S/C20H27Cl2N5/c1-3-23-20(24-9-4-5-15-6-7-18(21)11-19(15)22)27-10-8-16(14-27)17-12-25-26(2)13-17/h6-7,11-13,16H,3-5,8-10,14H2,1-2H3,(H,23,24). The maximum atomic E-state index is 6.25. The summed E-state index contributed by atoms with van der Waals surface area (Å²) in [5.74, 6) is 1.53. The molecule has 0 aliphatic carbocycles. The van der Waals surface area contributed by atoms with E-state index in [1.807, 2.05) is 30.1 Å². The lowest BCUT2D eigenvalue weighted by molar-refractivity contribution is 0.485. The van der Waals surface area contributed by atoms with Crippen molar-refractivity contribution in [2.75, 3.05) is 26.2 Å². The summed E-state index contributed by atoms with van der Waals surface area (Å²) in [6.45, 7) is 5.76. The van der Waals surface area contributed by atoms with Crippen LogP contribution in [0.5, 0.6) is 0 Å². The summed E-state index contributed by atoms with van der Waals surface area (Å²) in [4.78, 5) is 7.19. The molecule has 0 radical (unpaired) electrons. The van der Waals surface area contributed by atoms with E-state index in [1.165, 1.54) is 5.56 Å². The first kappa shape index (κ1) is 20.0. The Morgan fingerprint density at radius 2 is 2.22 bits per heavy atom. The molecule has 27 heavy (non-hydrogen) atoms. The van der Waals surface area contributed by atoms with Gasteiger partial charge in [-0.3, -0.25) is 9.67 Å². The monoisotopic (exact) mass is 407 g/mol. The van der Waals surface area contributed by atoms with Crippen LogP contribution in [0.2, 0.25) is 10.0 Å². The molecule has 7 heteroatoms. The number of rotatable bonds is 6. The number of nitrogens with zero attached hydrogens (tertiary/aromatic N) is 4. The van der Waals surface area contributed by atoms with Gasteiger partial charge in [0.15, 0.2) is 5.96 Å². The zero-order valence-corrected chi connectivity index (χ0v) is 17.5. The van der Waals surface area contributed by atoms with E-state index in [9.17, 15) is 0 Å². The molecule has 0 spiro atoms. The molecule has 1 unspecified atom stereocenters. The molecule has 146 valence electrons. The van der Waals surface area contributed by atoms with E-state index in [0.717, 1.165) is 62.0 Å². The molecule has 1 fully saturated rings. The first-order valence-corrected chi connectivity index (χ1v) is 10.3. The van der Waals surface area contributed by atoms with Crippen LogP contribution in [-0.2, 0) is 13.5 Å². The van der Waals surface area contributed by atoms with Gasteiger partial charge in [0.05, 0.1) is 6.20 Å². The number of halogens is 2. The largest absolute Gasteiger partial charge is 0.357 e. The third kappa shape index (κ3) is 5.39. The van der Waals surface area contributed by atoms with Gasteiger partial charge < -0.3 is 10.2 Å². The molecule has 1 atom stereocenters. The Balaban J connectivity index is 1.55. The average Bonchev–Trinajstić information content (AvgIpc) is 3.28. The van der Waals surface area contributed by atoms with Crippen LogP contribution < -0.4 is 5.32 Å². The van der Waals surface area contributed by atoms with Gasteiger partial charge in [0.1, 0.15) is 0 Å². The zero-order chi connectivity index (χ0) is 19.2. The van der Waals surface area contributed by atoms with E-state index in [1.54, 1.807) is 6.07 Å². The number of aryl methyl sites for hydroxylation is 2. The topological polar surface area (TPSA) is 45.5 Å². The summed E-state index contributed by atoms with van der Waals surface area (Å²) in [6.07, 6.45) is 7.09.